The van der Waals surface area contributed by atoms with Crippen LogP contribution in [0.2, 0.25) is 0 Å². The molecule has 19 heavy (non-hydrogen) atoms. The molecule has 1 N–H and O–H groups in total. The van der Waals surface area contributed by atoms with Crippen LogP contribution in [-0.4, -0.2) is 19.6 Å². The van der Waals surface area contributed by atoms with Gasteiger partial charge in [-0.3, -0.25) is 4.40 Å². The highest BCUT2D eigenvalue weighted by molar-refractivity contribution is 5.61. The maximum atomic E-state index is 4.30. The quantitative estimate of drug-likeness (QED) is 0.778. The van der Waals surface area contributed by atoms with Gasteiger partial charge < -0.3 is 5.32 Å². The van der Waals surface area contributed by atoms with Crippen LogP contribution in [-0.2, 0) is 6.54 Å². The molecular formula is C14H15N5. The predicted molar refractivity (Wildman–Crippen MR) is 74.0 cm³/mol. The molecule has 0 radical (unpaired) electrons. The van der Waals surface area contributed by atoms with E-state index in [0.29, 0.717) is 0 Å². The lowest BCUT2D eigenvalue weighted by atomic mass is 10.1. The second-order valence-electron chi connectivity index (χ2n) is 4.69. The Morgan fingerprint density at radius 2 is 1.95 bits per heavy atom. The molecule has 5 nitrogen and oxygen atoms in total. The number of anilines is 1. The van der Waals surface area contributed by atoms with Crippen LogP contribution in [0.4, 0.5) is 5.82 Å². The highest BCUT2D eigenvalue weighted by Gasteiger charge is 2.04. The highest BCUT2D eigenvalue weighted by Crippen LogP contribution is 2.13. The lowest BCUT2D eigenvalue weighted by Gasteiger charge is -2.08. The molecule has 2 aromatic heterocycles. The van der Waals surface area contributed by atoms with E-state index in [1.807, 2.05) is 10.6 Å². The first-order valence-electron chi connectivity index (χ1n) is 6.18. The monoisotopic (exact) mass is 253 g/mol. The third-order valence-corrected chi connectivity index (χ3v) is 2.96. The third-order valence-electron chi connectivity index (χ3n) is 2.96. The van der Waals surface area contributed by atoms with Crippen molar-refractivity contribution < 1.29 is 0 Å². The highest BCUT2D eigenvalue weighted by atomic mass is 15.2. The van der Waals surface area contributed by atoms with E-state index in [4.69, 9.17) is 0 Å². The van der Waals surface area contributed by atoms with Crippen molar-refractivity contribution in [3.05, 3.63) is 53.6 Å². The van der Waals surface area contributed by atoms with Crippen LogP contribution in [0.25, 0.3) is 5.65 Å². The average molecular weight is 253 g/mol. The van der Waals surface area contributed by atoms with Gasteiger partial charge in [-0.15, -0.1) is 10.2 Å². The fourth-order valence-corrected chi connectivity index (χ4v) is 2.24. The van der Waals surface area contributed by atoms with Gasteiger partial charge in [0.15, 0.2) is 5.82 Å². The molecule has 5 heteroatoms. The summed E-state index contributed by atoms with van der Waals surface area (Å²) in [5, 5.41) is 11.2. The van der Waals surface area contributed by atoms with Crippen LogP contribution in [0, 0.1) is 13.8 Å². The van der Waals surface area contributed by atoms with Crippen LogP contribution in [0.5, 0.6) is 0 Å². The minimum atomic E-state index is 0.724. The van der Waals surface area contributed by atoms with Crippen LogP contribution < -0.4 is 5.32 Å². The summed E-state index contributed by atoms with van der Waals surface area (Å²) in [7, 11) is 0. The number of hydrogen-bond acceptors (Lipinski definition) is 4. The molecule has 0 aliphatic heterocycles. The third kappa shape index (κ3) is 2.40. The standard InChI is InChI=1S/C14H15N5/c1-10-5-11(2)7-12(6-10)8-16-13-14-18-17-9-19(14)4-3-15-13/h3-7,9H,8H2,1-2H3,(H,15,16). The van der Waals surface area contributed by atoms with E-state index in [-0.39, 0.29) is 0 Å². The number of benzene rings is 1. The van der Waals surface area contributed by atoms with Crippen molar-refractivity contribution in [1.82, 2.24) is 19.6 Å². The Balaban J connectivity index is 1.84. The van der Waals surface area contributed by atoms with Crippen molar-refractivity contribution in [2.45, 2.75) is 20.4 Å². The SMILES string of the molecule is Cc1cc(C)cc(CNc2nccn3cnnc23)c1. The molecule has 0 aliphatic rings. The number of rotatable bonds is 3. The molecule has 0 unspecified atom stereocenters. The lowest BCUT2D eigenvalue weighted by Crippen LogP contribution is -2.04. The molecule has 1 aromatic carbocycles. The average Bonchev–Trinajstić information content (AvgIpc) is 2.83. The van der Waals surface area contributed by atoms with Crippen molar-refractivity contribution in [2.24, 2.45) is 0 Å². The zero-order valence-electron chi connectivity index (χ0n) is 11.0. The van der Waals surface area contributed by atoms with Gasteiger partial charge in [0.25, 0.3) is 0 Å². The zero-order valence-corrected chi connectivity index (χ0v) is 11.0. The summed E-state index contributed by atoms with van der Waals surface area (Å²) < 4.78 is 1.84. The van der Waals surface area contributed by atoms with Gasteiger partial charge >= 0.3 is 0 Å². The second kappa shape index (κ2) is 4.68. The minimum Gasteiger partial charge on any atom is -0.363 e. The predicted octanol–water partition coefficient (Wildman–Crippen LogP) is 2.35. The van der Waals surface area contributed by atoms with Crippen LogP contribution in [0.3, 0.4) is 0 Å². The van der Waals surface area contributed by atoms with E-state index in [2.05, 4.69) is 52.5 Å². The number of hydrogen-bond donors (Lipinski definition) is 1. The molecule has 0 atom stereocenters. The molecule has 0 saturated heterocycles. The minimum absolute atomic E-state index is 0.724. The zero-order chi connectivity index (χ0) is 13.2. The van der Waals surface area contributed by atoms with Crippen molar-refractivity contribution in [3.63, 3.8) is 0 Å². The second-order valence-corrected chi connectivity index (χ2v) is 4.69. The Kier molecular flexibility index (Phi) is 2.87. The summed E-state index contributed by atoms with van der Waals surface area (Å²) in [6, 6.07) is 6.51. The van der Waals surface area contributed by atoms with Crippen LogP contribution in [0.15, 0.2) is 36.9 Å². The van der Waals surface area contributed by atoms with Crippen molar-refractivity contribution >= 4 is 11.5 Å². The maximum Gasteiger partial charge on any atom is 0.203 e. The van der Waals surface area contributed by atoms with Gasteiger partial charge in [-0.25, -0.2) is 4.98 Å². The van der Waals surface area contributed by atoms with Gasteiger partial charge in [0.05, 0.1) is 0 Å². The number of aromatic nitrogens is 4. The Bertz CT molecular complexity index is 696. The van der Waals surface area contributed by atoms with E-state index in [1.165, 1.54) is 16.7 Å². The Morgan fingerprint density at radius 3 is 2.74 bits per heavy atom. The van der Waals surface area contributed by atoms with Crippen LogP contribution >= 0.6 is 0 Å². The number of aryl methyl sites for hydroxylation is 2. The molecule has 0 saturated carbocycles. The van der Waals surface area contributed by atoms with E-state index in [1.54, 1.807) is 12.5 Å². The fraction of sp³-hybridized carbons (Fsp3) is 0.214. The number of nitrogens with one attached hydrogen (secondary N) is 1. The van der Waals surface area contributed by atoms with Crippen molar-refractivity contribution in [1.29, 1.82) is 0 Å². The molecule has 0 bridgehead atoms. The summed E-state index contributed by atoms with van der Waals surface area (Å²) in [6.45, 7) is 4.93. The van der Waals surface area contributed by atoms with Gasteiger partial charge in [0.1, 0.15) is 6.33 Å². The summed E-state index contributed by atoms with van der Waals surface area (Å²) >= 11 is 0. The molecule has 2 heterocycles. The molecule has 0 amide bonds. The summed E-state index contributed by atoms with van der Waals surface area (Å²) in [4.78, 5) is 4.30. The van der Waals surface area contributed by atoms with Gasteiger partial charge in [-0.1, -0.05) is 29.3 Å². The topological polar surface area (TPSA) is 55.1 Å². The molecule has 3 aromatic rings. The largest absolute Gasteiger partial charge is 0.363 e. The fourth-order valence-electron chi connectivity index (χ4n) is 2.24. The molecule has 0 aliphatic carbocycles. The van der Waals surface area contributed by atoms with Gasteiger partial charge in [-0.2, -0.15) is 0 Å². The summed E-state index contributed by atoms with van der Waals surface area (Å²) in [6.07, 6.45) is 5.23. The van der Waals surface area contributed by atoms with Crippen molar-refractivity contribution in [2.75, 3.05) is 5.32 Å². The van der Waals surface area contributed by atoms with E-state index in [0.717, 1.165) is 18.0 Å². The molecular weight excluding hydrogens is 238 g/mol. The first kappa shape index (κ1) is 11.6. The lowest BCUT2D eigenvalue weighted by molar-refractivity contribution is 1.06. The van der Waals surface area contributed by atoms with Gasteiger partial charge in [0.2, 0.25) is 5.65 Å². The molecule has 3 rings (SSSR count). The van der Waals surface area contributed by atoms with E-state index in [9.17, 15) is 0 Å². The Hall–Kier alpha value is -2.43. The normalized spacial score (nSPS) is 10.8. The molecule has 0 fully saturated rings. The first-order valence-corrected chi connectivity index (χ1v) is 6.18. The van der Waals surface area contributed by atoms with E-state index < -0.39 is 0 Å². The molecule has 96 valence electrons. The van der Waals surface area contributed by atoms with E-state index >= 15 is 0 Å². The number of fused-ring (bicyclic) bond motifs is 1. The number of nitrogens with zero attached hydrogens (tertiary/aromatic N) is 4. The summed E-state index contributed by atoms with van der Waals surface area (Å²) in [5.41, 5.74) is 4.52. The summed E-state index contributed by atoms with van der Waals surface area (Å²) in [5.74, 6) is 0.749. The smallest absolute Gasteiger partial charge is 0.203 e. The Labute approximate surface area is 111 Å². The maximum absolute atomic E-state index is 4.30. The first-order chi connectivity index (χ1) is 9.22. The van der Waals surface area contributed by atoms with Gasteiger partial charge in [-0.05, 0) is 19.4 Å². The van der Waals surface area contributed by atoms with Crippen LogP contribution in [0.1, 0.15) is 16.7 Å². The van der Waals surface area contributed by atoms with Crippen molar-refractivity contribution in [3.8, 4) is 0 Å². The molecule has 0 spiro atoms. The van der Waals surface area contributed by atoms with Gasteiger partial charge in [0, 0.05) is 18.9 Å². The Morgan fingerprint density at radius 1 is 1.16 bits per heavy atom.